The standard InChI is InChI=1S/C11H9Cl2N2.Li/c1-8(15-5-4-14-7-15)10-3-2-9(12)6-11(10)13;/h2-7H,1H3;/q-1;+1. The first-order valence-corrected chi connectivity index (χ1v) is 5.21. The Morgan fingerprint density at radius 1 is 1.31 bits per heavy atom. The first kappa shape index (κ1) is 13.5. The number of hydrogen-bond donors (Lipinski definition) is 0. The minimum absolute atomic E-state index is 0. The molecule has 0 fully saturated rings. The van der Waals surface area contributed by atoms with Crippen LogP contribution in [-0.4, -0.2) is 9.55 Å². The van der Waals surface area contributed by atoms with E-state index in [1.807, 2.05) is 29.8 Å². The monoisotopic (exact) mass is 246 g/mol. The Kier molecular flexibility index (Phi) is 4.83. The molecule has 0 atom stereocenters. The van der Waals surface area contributed by atoms with Gasteiger partial charge in [-0.2, -0.15) is 0 Å². The number of halogens is 2. The quantitative estimate of drug-likeness (QED) is 0.562. The molecule has 2 aromatic rings. The topological polar surface area (TPSA) is 17.8 Å². The molecule has 0 N–H and O–H groups in total. The van der Waals surface area contributed by atoms with Crippen molar-refractivity contribution in [2.75, 3.05) is 0 Å². The molecule has 0 aliphatic carbocycles. The largest absolute Gasteiger partial charge is 1.00 e. The van der Waals surface area contributed by atoms with Gasteiger partial charge in [0, 0.05) is 17.5 Å². The van der Waals surface area contributed by atoms with Crippen LogP contribution in [0.2, 0.25) is 10.0 Å². The maximum atomic E-state index is 6.10. The van der Waals surface area contributed by atoms with E-state index in [1.54, 1.807) is 18.6 Å². The fraction of sp³-hybridized carbons (Fsp3) is 0.0909. The van der Waals surface area contributed by atoms with Gasteiger partial charge >= 0.3 is 18.9 Å². The van der Waals surface area contributed by atoms with Crippen LogP contribution in [0.25, 0.3) is 0 Å². The van der Waals surface area contributed by atoms with Crippen molar-refractivity contribution in [1.29, 1.82) is 0 Å². The molecule has 0 unspecified atom stereocenters. The van der Waals surface area contributed by atoms with Crippen LogP contribution in [-0.2, 0) is 0 Å². The van der Waals surface area contributed by atoms with Gasteiger partial charge < -0.3 is 4.57 Å². The van der Waals surface area contributed by atoms with Crippen molar-refractivity contribution in [3.63, 3.8) is 0 Å². The van der Waals surface area contributed by atoms with Crippen LogP contribution in [0.4, 0.5) is 0 Å². The van der Waals surface area contributed by atoms with Gasteiger partial charge in [0.15, 0.2) is 0 Å². The number of benzene rings is 1. The van der Waals surface area contributed by atoms with E-state index in [2.05, 4.69) is 4.98 Å². The predicted octanol–water partition coefficient (Wildman–Crippen LogP) is 0.642. The van der Waals surface area contributed by atoms with Crippen LogP contribution in [0, 0.1) is 6.04 Å². The van der Waals surface area contributed by atoms with Gasteiger partial charge in [0.25, 0.3) is 0 Å². The second-order valence-electron chi connectivity index (χ2n) is 3.18. The molecule has 1 aromatic heterocycles. The fourth-order valence-corrected chi connectivity index (χ4v) is 1.92. The molecule has 0 saturated heterocycles. The van der Waals surface area contributed by atoms with Crippen molar-refractivity contribution < 1.29 is 18.9 Å². The predicted molar refractivity (Wildman–Crippen MR) is 62.1 cm³/mol. The minimum atomic E-state index is 0. The molecule has 16 heavy (non-hydrogen) atoms. The molecule has 0 aliphatic rings. The smallest absolute Gasteiger partial charge is 0.406 e. The summed E-state index contributed by atoms with van der Waals surface area (Å²) in [6.45, 7) is 1.98. The zero-order valence-corrected chi connectivity index (χ0v) is 10.6. The summed E-state index contributed by atoms with van der Waals surface area (Å²) in [7, 11) is 0. The SMILES string of the molecule is C[C-](c1ccc(Cl)cc1Cl)n1ccnc1.[Li+]. The average molecular weight is 247 g/mol. The summed E-state index contributed by atoms with van der Waals surface area (Å²) in [6.07, 6.45) is 5.34. The van der Waals surface area contributed by atoms with Gasteiger partial charge in [-0.15, -0.1) is 17.7 Å². The molecule has 0 bridgehead atoms. The summed E-state index contributed by atoms with van der Waals surface area (Å²) in [5, 5.41) is 1.29. The van der Waals surface area contributed by atoms with Gasteiger partial charge in [0.05, 0.1) is 0 Å². The molecule has 5 heteroatoms. The summed E-state index contributed by atoms with van der Waals surface area (Å²) < 4.78 is 1.91. The maximum Gasteiger partial charge on any atom is 1.00 e. The molecule has 78 valence electrons. The number of imidazole rings is 1. The second kappa shape index (κ2) is 5.70. The maximum absolute atomic E-state index is 6.10. The summed E-state index contributed by atoms with van der Waals surface area (Å²) in [6, 6.07) is 6.48. The van der Waals surface area contributed by atoms with Crippen LogP contribution in [0.1, 0.15) is 12.5 Å². The number of nitrogens with zero attached hydrogens (tertiary/aromatic N) is 2. The first-order chi connectivity index (χ1) is 7.18. The Morgan fingerprint density at radius 2 is 2.06 bits per heavy atom. The summed E-state index contributed by atoms with van der Waals surface area (Å²) in [5.41, 5.74) is 0.957. The van der Waals surface area contributed by atoms with Crippen molar-refractivity contribution in [1.82, 2.24) is 9.55 Å². The third-order valence-corrected chi connectivity index (χ3v) is 2.76. The van der Waals surface area contributed by atoms with Gasteiger partial charge in [0.2, 0.25) is 0 Å². The Hall–Kier alpha value is -0.523. The minimum Gasteiger partial charge on any atom is -0.406 e. The molecule has 0 amide bonds. The molecule has 0 spiro atoms. The van der Waals surface area contributed by atoms with Gasteiger partial charge in [0.1, 0.15) is 0 Å². The molecular weight excluding hydrogens is 238 g/mol. The van der Waals surface area contributed by atoms with E-state index in [0.717, 1.165) is 11.6 Å². The Balaban J connectivity index is 0.00000128. The van der Waals surface area contributed by atoms with E-state index < -0.39 is 0 Å². The summed E-state index contributed by atoms with van der Waals surface area (Å²) >= 11 is 11.9. The van der Waals surface area contributed by atoms with Gasteiger partial charge in [-0.25, -0.2) is 0 Å². The number of aromatic nitrogens is 2. The van der Waals surface area contributed by atoms with Crippen molar-refractivity contribution in [2.24, 2.45) is 0 Å². The molecule has 2 rings (SSSR count). The third kappa shape index (κ3) is 2.78. The van der Waals surface area contributed by atoms with Crippen LogP contribution in [0.5, 0.6) is 0 Å². The van der Waals surface area contributed by atoms with Crippen LogP contribution >= 0.6 is 23.2 Å². The van der Waals surface area contributed by atoms with E-state index in [0.29, 0.717) is 10.0 Å². The van der Waals surface area contributed by atoms with Crippen molar-refractivity contribution in [3.8, 4) is 0 Å². The Bertz CT molecular complexity index is 457. The van der Waals surface area contributed by atoms with Crippen LogP contribution in [0.3, 0.4) is 0 Å². The fourth-order valence-electron chi connectivity index (χ4n) is 1.38. The zero-order chi connectivity index (χ0) is 10.8. The molecule has 2 nitrogen and oxygen atoms in total. The molecule has 0 saturated carbocycles. The van der Waals surface area contributed by atoms with Crippen LogP contribution < -0.4 is 18.9 Å². The van der Waals surface area contributed by atoms with Crippen molar-refractivity contribution in [2.45, 2.75) is 6.92 Å². The van der Waals surface area contributed by atoms with Gasteiger partial charge in [-0.1, -0.05) is 36.2 Å². The molecule has 1 aromatic carbocycles. The number of rotatable bonds is 2. The second-order valence-corrected chi connectivity index (χ2v) is 4.02. The van der Waals surface area contributed by atoms with Crippen molar-refractivity contribution in [3.05, 3.63) is 58.6 Å². The van der Waals surface area contributed by atoms with Gasteiger partial charge in [-0.3, -0.25) is 4.98 Å². The normalized spacial score (nSPS) is 9.69. The van der Waals surface area contributed by atoms with E-state index in [4.69, 9.17) is 23.2 Å². The molecule has 1 heterocycles. The average Bonchev–Trinajstić information content (AvgIpc) is 2.69. The van der Waals surface area contributed by atoms with E-state index in [9.17, 15) is 0 Å². The molecule has 0 radical (unpaired) electrons. The summed E-state index contributed by atoms with van der Waals surface area (Å²) in [5.74, 6) is 0. The number of hydrogen-bond acceptors (Lipinski definition) is 1. The third-order valence-electron chi connectivity index (χ3n) is 2.21. The van der Waals surface area contributed by atoms with E-state index in [-0.39, 0.29) is 18.9 Å². The summed E-state index contributed by atoms with van der Waals surface area (Å²) in [4.78, 5) is 3.99. The van der Waals surface area contributed by atoms with Gasteiger partial charge in [-0.05, 0) is 17.3 Å². The molecule has 0 aliphatic heterocycles. The Labute approximate surface area is 117 Å². The van der Waals surface area contributed by atoms with E-state index >= 15 is 0 Å². The molecular formula is C11H9Cl2LiN2. The van der Waals surface area contributed by atoms with E-state index in [1.165, 1.54) is 0 Å². The first-order valence-electron chi connectivity index (χ1n) is 4.46. The van der Waals surface area contributed by atoms with Crippen LogP contribution in [0.15, 0.2) is 36.9 Å². The van der Waals surface area contributed by atoms with Crippen molar-refractivity contribution >= 4 is 23.2 Å². The Morgan fingerprint density at radius 3 is 2.62 bits per heavy atom. The zero-order valence-electron chi connectivity index (χ0n) is 9.11.